The molecule has 0 spiro atoms. The number of aromatic nitrogens is 2. The van der Waals surface area contributed by atoms with E-state index in [1.165, 1.54) is 5.56 Å². The van der Waals surface area contributed by atoms with Crippen LogP contribution in [0.5, 0.6) is 0 Å². The number of benzene rings is 3. The number of hydrogen-bond donors (Lipinski definition) is 0. The number of nitrogens with zero attached hydrogens (tertiary/aromatic N) is 2. The first-order valence-electron chi connectivity index (χ1n) is 8.96. The minimum absolute atomic E-state index is 0.0596. The van der Waals surface area contributed by atoms with Crippen LogP contribution >= 0.6 is 0 Å². The Morgan fingerprint density at radius 2 is 1.63 bits per heavy atom. The zero-order valence-corrected chi connectivity index (χ0v) is 15.4. The highest BCUT2D eigenvalue weighted by molar-refractivity contribution is 5.80. The lowest BCUT2D eigenvalue weighted by Gasteiger charge is -2.12. The average Bonchev–Trinajstić information content (AvgIpc) is 2.67. The highest BCUT2D eigenvalue weighted by Gasteiger charge is 2.11. The van der Waals surface area contributed by atoms with E-state index in [2.05, 4.69) is 19.1 Å². The van der Waals surface area contributed by atoms with Crippen molar-refractivity contribution in [2.75, 3.05) is 0 Å². The van der Waals surface area contributed by atoms with Crippen LogP contribution in [0.3, 0.4) is 0 Å². The van der Waals surface area contributed by atoms with E-state index in [1.54, 1.807) is 4.57 Å². The minimum atomic E-state index is -0.0596. The van der Waals surface area contributed by atoms with Gasteiger partial charge in [-0.25, -0.2) is 4.98 Å². The Kier molecular flexibility index (Phi) is 4.43. The molecule has 132 valence electrons. The zero-order valence-electron chi connectivity index (χ0n) is 15.4. The average molecular weight is 352 g/mol. The smallest absolute Gasteiger partial charge is 0.266 e. The SMILES string of the molecule is Cc1cccc(-n2c(C=Cc3ccccc3C)nc3ccccc3c2=O)c1. The number of fused-ring (bicyclic) bond motifs is 1. The molecule has 27 heavy (non-hydrogen) atoms. The molecular formula is C24H20N2O. The predicted octanol–water partition coefficient (Wildman–Crippen LogP) is 5.17. The van der Waals surface area contributed by atoms with Crippen molar-refractivity contribution in [3.8, 4) is 5.69 Å². The van der Waals surface area contributed by atoms with Gasteiger partial charge in [0.05, 0.1) is 16.6 Å². The fourth-order valence-corrected chi connectivity index (χ4v) is 3.22. The van der Waals surface area contributed by atoms with Crippen molar-refractivity contribution in [2.24, 2.45) is 0 Å². The van der Waals surface area contributed by atoms with E-state index in [4.69, 9.17) is 4.98 Å². The predicted molar refractivity (Wildman–Crippen MR) is 112 cm³/mol. The Balaban J connectivity index is 1.97. The summed E-state index contributed by atoms with van der Waals surface area (Å²) in [6.45, 7) is 4.09. The molecule has 1 aromatic heterocycles. The third-order valence-electron chi connectivity index (χ3n) is 4.66. The normalized spacial score (nSPS) is 11.3. The molecule has 0 aliphatic rings. The van der Waals surface area contributed by atoms with Crippen LogP contribution in [-0.4, -0.2) is 9.55 Å². The second kappa shape index (κ2) is 7.04. The molecule has 0 N–H and O–H groups in total. The molecule has 3 aromatic carbocycles. The van der Waals surface area contributed by atoms with E-state index in [0.29, 0.717) is 16.7 Å². The number of aryl methyl sites for hydroxylation is 2. The second-order valence-electron chi connectivity index (χ2n) is 6.66. The molecule has 0 aliphatic carbocycles. The van der Waals surface area contributed by atoms with Crippen molar-refractivity contribution < 1.29 is 0 Å². The first-order chi connectivity index (χ1) is 13.1. The van der Waals surface area contributed by atoms with Crippen LogP contribution in [-0.2, 0) is 0 Å². The van der Waals surface area contributed by atoms with E-state index in [9.17, 15) is 4.79 Å². The fraction of sp³-hybridized carbons (Fsp3) is 0.0833. The van der Waals surface area contributed by atoms with Crippen LogP contribution in [0.15, 0.2) is 77.6 Å². The largest absolute Gasteiger partial charge is 0.268 e. The lowest BCUT2D eigenvalue weighted by molar-refractivity contribution is 0.942. The monoisotopic (exact) mass is 352 g/mol. The highest BCUT2D eigenvalue weighted by Crippen LogP contribution is 2.17. The van der Waals surface area contributed by atoms with Crippen molar-refractivity contribution >= 4 is 23.1 Å². The Hall–Kier alpha value is -3.46. The van der Waals surface area contributed by atoms with Gasteiger partial charge >= 0.3 is 0 Å². The Bertz CT molecular complexity index is 1220. The summed E-state index contributed by atoms with van der Waals surface area (Å²) in [5.74, 6) is 0.618. The number of para-hydroxylation sites is 1. The fourth-order valence-electron chi connectivity index (χ4n) is 3.22. The summed E-state index contributed by atoms with van der Waals surface area (Å²) in [6, 6.07) is 23.6. The molecule has 4 aromatic rings. The molecule has 0 aliphatic heterocycles. The maximum atomic E-state index is 13.2. The van der Waals surface area contributed by atoms with Gasteiger partial charge in [0.1, 0.15) is 5.82 Å². The quantitative estimate of drug-likeness (QED) is 0.510. The lowest BCUT2D eigenvalue weighted by atomic mass is 10.1. The Labute approximate surface area is 158 Å². The van der Waals surface area contributed by atoms with Gasteiger partial charge in [0.15, 0.2) is 0 Å². The summed E-state index contributed by atoms with van der Waals surface area (Å²) in [5, 5.41) is 0.618. The van der Waals surface area contributed by atoms with E-state index in [0.717, 1.165) is 16.8 Å². The molecule has 3 heteroatoms. The van der Waals surface area contributed by atoms with Crippen molar-refractivity contribution in [3.63, 3.8) is 0 Å². The van der Waals surface area contributed by atoms with E-state index >= 15 is 0 Å². The molecule has 0 fully saturated rings. The van der Waals surface area contributed by atoms with E-state index < -0.39 is 0 Å². The topological polar surface area (TPSA) is 34.9 Å². The van der Waals surface area contributed by atoms with Crippen LogP contribution in [0.1, 0.15) is 22.5 Å². The van der Waals surface area contributed by atoms with Crippen LogP contribution in [0.25, 0.3) is 28.7 Å². The van der Waals surface area contributed by atoms with Gasteiger partial charge in [-0.05, 0) is 60.9 Å². The first-order valence-corrected chi connectivity index (χ1v) is 8.96. The van der Waals surface area contributed by atoms with Crippen LogP contribution in [0, 0.1) is 13.8 Å². The third kappa shape index (κ3) is 3.32. The maximum Gasteiger partial charge on any atom is 0.266 e. The van der Waals surface area contributed by atoms with Gasteiger partial charge in [-0.3, -0.25) is 9.36 Å². The molecule has 0 amide bonds. The molecule has 0 radical (unpaired) electrons. The summed E-state index contributed by atoms with van der Waals surface area (Å²) in [4.78, 5) is 18.0. The number of hydrogen-bond acceptors (Lipinski definition) is 2. The lowest BCUT2D eigenvalue weighted by Crippen LogP contribution is -2.22. The zero-order chi connectivity index (χ0) is 18.8. The standard InChI is InChI=1S/C24H20N2O/c1-17-8-7-11-20(16-17)26-23(15-14-19-10-4-3-9-18(19)2)25-22-13-6-5-12-21(22)24(26)27/h3-16H,1-2H3. The van der Waals surface area contributed by atoms with Gasteiger partial charge in [0.2, 0.25) is 0 Å². The Morgan fingerprint density at radius 3 is 2.44 bits per heavy atom. The minimum Gasteiger partial charge on any atom is -0.268 e. The molecule has 1 heterocycles. The van der Waals surface area contributed by atoms with Crippen LogP contribution in [0.2, 0.25) is 0 Å². The molecule has 4 rings (SSSR count). The van der Waals surface area contributed by atoms with Crippen molar-refractivity contribution in [2.45, 2.75) is 13.8 Å². The summed E-state index contributed by atoms with van der Waals surface area (Å²) in [7, 11) is 0. The van der Waals surface area contributed by atoms with Crippen molar-refractivity contribution in [1.82, 2.24) is 9.55 Å². The van der Waals surface area contributed by atoms with Crippen molar-refractivity contribution in [3.05, 3.63) is 106 Å². The molecule has 0 saturated heterocycles. The summed E-state index contributed by atoms with van der Waals surface area (Å²) in [5.41, 5.74) is 4.85. The van der Waals surface area contributed by atoms with Gasteiger partial charge in [0, 0.05) is 0 Å². The van der Waals surface area contributed by atoms with Gasteiger partial charge in [-0.1, -0.05) is 54.6 Å². The van der Waals surface area contributed by atoms with Gasteiger partial charge in [-0.2, -0.15) is 0 Å². The molecular weight excluding hydrogens is 332 g/mol. The highest BCUT2D eigenvalue weighted by atomic mass is 16.1. The molecule has 3 nitrogen and oxygen atoms in total. The summed E-state index contributed by atoms with van der Waals surface area (Å²) < 4.78 is 1.68. The molecule has 0 bridgehead atoms. The number of rotatable bonds is 3. The molecule has 0 saturated carbocycles. The van der Waals surface area contributed by atoms with Crippen LogP contribution in [0.4, 0.5) is 0 Å². The third-order valence-corrected chi connectivity index (χ3v) is 4.66. The van der Waals surface area contributed by atoms with E-state index in [1.807, 2.05) is 79.7 Å². The van der Waals surface area contributed by atoms with E-state index in [-0.39, 0.29) is 5.56 Å². The summed E-state index contributed by atoms with van der Waals surface area (Å²) in [6.07, 6.45) is 3.93. The van der Waals surface area contributed by atoms with Gasteiger partial charge in [0.25, 0.3) is 5.56 Å². The Morgan fingerprint density at radius 1 is 0.852 bits per heavy atom. The van der Waals surface area contributed by atoms with Gasteiger partial charge in [-0.15, -0.1) is 0 Å². The second-order valence-corrected chi connectivity index (χ2v) is 6.66. The summed E-state index contributed by atoms with van der Waals surface area (Å²) >= 11 is 0. The first kappa shape index (κ1) is 17.0. The van der Waals surface area contributed by atoms with Crippen LogP contribution < -0.4 is 5.56 Å². The maximum absolute atomic E-state index is 13.2. The molecule has 0 atom stereocenters. The molecule has 0 unspecified atom stereocenters. The van der Waals surface area contributed by atoms with Crippen molar-refractivity contribution in [1.29, 1.82) is 0 Å². The van der Waals surface area contributed by atoms with Gasteiger partial charge < -0.3 is 0 Å².